The van der Waals surface area contributed by atoms with Gasteiger partial charge in [-0.3, -0.25) is 4.79 Å². The largest absolute Gasteiger partial charge is 0.504 e. The molecule has 0 atom stereocenters. The molecule has 1 aromatic carbocycles. The number of phenols is 1. The Kier molecular flexibility index (Phi) is 7.08. The van der Waals surface area contributed by atoms with E-state index in [9.17, 15) is 9.90 Å². The summed E-state index contributed by atoms with van der Waals surface area (Å²) in [5.41, 5.74) is 3.44. The summed E-state index contributed by atoms with van der Waals surface area (Å²) < 4.78 is 6.64. The summed E-state index contributed by atoms with van der Waals surface area (Å²) in [6.45, 7) is 6.09. The molecular weight excluding hydrogens is 364 g/mol. The molecule has 0 spiro atoms. The number of hydrogen-bond donors (Lipinski definition) is 2. The summed E-state index contributed by atoms with van der Waals surface area (Å²) in [4.78, 5) is 20.9. The average Bonchev–Trinajstić information content (AvgIpc) is 3.14. The van der Waals surface area contributed by atoms with E-state index in [2.05, 4.69) is 25.8 Å². The molecule has 0 saturated heterocycles. The fraction of sp³-hybridized carbons (Fsp3) is 0.389. The van der Waals surface area contributed by atoms with Crippen molar-refractivity contribution in [3.63, 3.8) is 0 Å². The highest BCUT2D eigenvalue weighted by atomic mass is 16.6. The number of benzene rings is 1. The van der Waals surface area contributed by atoms with Crippen molar-refractivity contribution < 1.29 is 19.5 Å². The topological polar surface area (TPSA) is 123 Å². The van der Waals surface area contributed by atoms with Crippen LogP contribution in [0.4, 0.5) is 0 Å². The maximum absolute atomic E-state index is 11.8. The van der Waals surface area contributed by atoms with Crippen LogP contribution in [-0.2, 0) is 16.2 Å². The zero-order chi connectivity index (χ0) is 20.6. The van der Waals surface area contributed by atoms with Crippen LogP contribution >= 0.6 is 0 Å². The molecule has 28 heavy (non-hydrogen) atoms. The van der Waals surface area contributed by atoms with Crippen LogP contribution in [0.15, 0.2) is 41.1 Å². The highest BCUT2D eigenvalue weighted by Crippen LogP contribution is 2.25. The standard InChI is InChI=1S/C18H24N6O4/c1-18(2,3)16(9-24-12-19-11-21-24)23-28-10-17(26)22-20-8-13-5-6-14(25)15(7-13)27-4/h5-8,11-12,25H,9-10H2,1-4H3,(H,22,26)/b20-8+,23-16+. The van der Waals surface area contributed by atoms with Gasteiger partial charge < -0.3 is 14.7 Å². The first-order valence-corrected chi connectivity index (χ1v) is 8.50. The number of ether oxygens (including phenoxy) is 1. The molecule has 0 fully saturated rings. The minimum Gasteiger partial charge on any atom is -0.504 e. The Morgan fingerprint density at radius 2 is 2.18 bits per heavy atom. The molecule has 0 unspecified atom stereocenters. The molecule has 2 aromatic rings. The molecule has 1 amide bonds. The smallest absolute Gasteiger partial charge is 0.280 e. The Bertz CT molecular complexity index is 840. The second-order valence-corrected chi connectivity index (χ2v) is 6.88. The van der Waals surface area contributed by atoms with Crippen LogP contribution in [0.2, 0.25) is 0 Å². The third kappa shape index (κ3) is 6.38. The molecule has 0 bridgehead atoms. The fourth-order valence-electron chi connectivity index (χ4n) is 2.03. The average molecular weight is 388 g/mol. The molecule has 10 heteroatoms. The number of phenolic OH excluding ortho intramolecular Hbond substituents is 1. The van der Waals surface area contributed by atoms with Gasteiger partial charge in [0.15, 0.2) is 18.1 Å². The third-order valence-electron chi connectivity index (χ3n) is 3.62. The lowest BCUT2D eigenvalue weighted by Gasteiger charge is -2.20. The van der Waals surface area contributed by atoms with E-state index >= 15 is 0 Å². The van der Waals surface area contributed by atoms with Crippen LogP contribution in [0.3, 0.4) is 0 Å². The molecule has 10 nitrogen and oxygen atoms in total. The van der Waals surface area contributed by atoms with Gasteiger partial charge in [0.2, 0.25) is 0 Å². The molecule has 0 saturated carbocycles. The van der Waals surface area contributed by atoms with Crippen LogP contribution in [0.1, 0.15) is 26.3 Å². The normalized spacial score (nSPS) is 12.2. The number of hydrogen-bond acceptors (Lipinski definition) is 8. The molecule has 2 N–H and O–H groups in total. The van der Waals surface area contributed by atoms with E-state index in [0.29, 0.717) is 23.6 Å². The molecule has 1 heterocycles. The summed E-state index contributed by atoms with van der Waals surface area (Å²) in [6, 6.07) is 4.70. The Labute approximate surface area is 162 Å². The Hall–Kier alpha value is -3.43. The minimum atomic E-state index is -0.459. The molecule has 0 aliphatic rings. The van der Waals surface area contributed by atoms with Crippen molar-refractivity contribution >= 4 is 17.8 Å². The van der Waals surface area contributed by atoms with Crippen molar-refractivity contribution in [2.24, 2.45) is 15.7 Å². The van der Waals surface area contributed by atoms with Crippen LogP contribution in [0.25, 0.3) is 0 Å². The van der Waals surface area contributed by atoms with Crippen molar-refractivity contribution in [3.8, 4) is 11.5 Å². The van der Waals surface area contributed by atoms with E-state index in [-0.39, 0.29) is 17.8 Å². The Morgan fingerprint density at radius 3 is 2.82 bits per heavy atom. The second-order valence-electron chi connectivity index (χ2n) is 6.88. The van der Waals surface area contributed by atoms with E-state index in [1.807, 2.05) is 20.8 Å². The van der Waals surface area contributed by atoms with Gasteiger partial charge in [-0.1, -0.05) is 25.9 Å². The number of oxime groups is 1. The molecule has 150 valence electrons. The number of carbonyl (C=O) groups excluding carboxylic acids is 1. The SMILES string of the molecule is COc1cc(/C=N/NC(=O)CO/N=C(\Cn2cncn2)C(C)(C)C)ccc1O. The first kappa shape index (κ1) is 20.9. The van der Waals surface area contributed by atoms with Gasteiger partial charge >= 0.3 is 0 Å². The quantitative estimate of drug-likeness (QED) is 0.522. The molecule has 0 radical (unpaired) electrons. The third-order valence-corrected chi connectivity index (χ3v) is 3.62. The van der Waals surface area contributed by atoms with Gasteiger partial charge in [-0.05, 0) is 23.8 Å². The first-order valence-electron chi connectivity index (χ1n) is 8.50. The van der Waals surface area contributed by atoms with E-state index in [4.69, 9.17) is 9.57 Å². The number of amides is 1. The minimum absolute atomic E-state index is 0.0236. The fourth-order valence-corrected chi connectivity index (χ4v) is 2.03. The van der Waals surface area contributed by atoms with Gasteiger partial charge in [0.1, 0.15) is 12.7 Å². The van der Waals surface area contributed by atoms with Gasteiger partial charge in [-0.15, -0.1) is 0 Å². The lowest BCUT2D eigenvalue weighted by molar-refractivity contribution is -0.125. The van der Waals surface area contributed by atoms with Crippen molar-refractivity contribution in [2.75, 3.05) is 13.7 Å². The van der Waals surface area contributed by atoms with Gasteiger partial charge in [0, 0.05) is 5.41 Å². The van der Waals surface area contributed by atoms with E-state index in [1.54, 1.807) is 23.1 Å². The number of aromatic nitrogens is 3. The van der Waals surface area contributed by atoms with Crippen molar-refractivity contribution in [1.82, 2.24) is 20.2 Å². The summed E-state index contributed by atoms with van der Waals surface area (Å²) in [5, 5.41) is 21.5. The number of carbonyl (C=O) groups is 1. The lowest BCUT2D eigenvalue weighted by Crippen LogP contribution is -2.27. The predicted octanol–water partition coefficient (Wildman–Crippen LogP) is 1.56. The summed E-state index contributed by atoms with van der Waals surface area (Å²) in [7, 11) is 1.45. The van der Waals surface area contributed by atoms with Gasteiger partial charge in [0.05, 0.1) is 25.6 Å². The van der Waals surface area contributed by atoms with Crippen LogP contribution in [-0.4, -0.2) is 51.4 Å². The van der Waals surface area contributed by atoms with Crippen molar-refractivity contribution in [3.05, 3.63) is 36.4 Å². The maximum Gasteiger partial charge on any atom is 0.280 e. The maximum atomic E-state index is 11.8. The van der Waals surface area contributed by atoms with Gasteiger partial charge in [0.25, 0.3) is 5.91 Å². The van der Waals surface area contributed by atoms with Crippen molar-refractivity contribution in [1.29, 1.82) is 0 Å². The molecular formula is C18H24N6O4. The van der Waals surface area contributed by atoms with Crippen LogP contribution in [0, 0.1) is 5.41 Å². The zero-order valence-electron chi connectivity index (χ0n) is 16.3. The van der Waals surface area contributed by atoms with E-state index < -0.39 is 5.91 Å². The number of aromatic hydroxyl groups is 1. The van der Waals surface area contributed by atoms with Crippen molar-refractivity contribution in [2.45, 2.75) is 27.3 Å². The number of methoxy groups -OCH3 is 1. The predicted molar refractivity (Wildman–Crippen MR) is 103 cm³/mol. The van der Waals surface area contributed by atoms with Crippen LogP contribution in [0.5, 0.6) is 11.5 Å². The number of nitrogens with one attached hydrogen (secondary N) is 1. The molecule has 0 aliphatic heterocycles. The highest BCUT2D eigenvalue weighted by molar-refractivity contribution is 5.88. The monoisotopic (exact) mass is 388 g/mol. The molecule has 1 aromatic heterocycles. The Balaban J connectivity index is 1.87. The lowest BCUT2D eigenvalue weighted by atomic mass is 9.90. The highest BCUT2D eigenvalue weighted by Gasteiger charge is 2.21. The molecule has 2 rings (SSSR count). The summed E-state index contributed by atoms with van der Waals surface area (Å²) in [6.07, 6.45) is 4.45. The number of nitrogens with zero attached hydrogens (tertiary/aromatic N) is 5. The summed E-state index contributed by atoms with van der Waals surface area (Å²) in [5.74, 6) is -0.120. The van der Waals surface area contributed by atoms with Gasteiger partial charge in [-0.25, -0.2) is 15.1 Å². The first-order chi connectivity index (χ1) is 13.3. The number of rotatable bonds is 8. The Morgan fingerprint density at radius 1 is 1.39 bits per heavy atom. The van der Waals surface area contributed by atoms with Gasteiger partial charge in [-0.2, -0.15) is 10.2 Å². The van der Waals surface area contributed by atoms with E-state index in [0.717, 1.165) is 0 Å². The zero-order valence-corrected chi connectivity index (χ0v) is 16.3. The van der Waals surface area contributed by atoms with Crippen LogP contribution < -0.4 is 10.2 Å². The second kappa shape index (κ2) is 9.49. The summed E-state index contributed by atoms with van der Waals surface area (Å²) >= 11 is 0. The van der Waals surface area contributed by atoms with E-state index in [1.165, 1.54) is 25.7 Å². The number of hydrazone groups is 1. The molecule has 0 aliphatic carbocycles.